The van der Waals surface area contributed by atoms with Crippen LogP contribution in [0.25, 0.3) is 0 Å². The fourth-order valence-electron chi connectivity index (χ4n) is 1.28. The highest BCUT2D eigenvalue weighted by Gasteiger charge is 1.95. The van der Waals surface area contributed by atoms with Crippen molar-refractivity contribution in [2.24, 2.45) is 0 Å². The second-order valence-corrected chi connectivity index (χ2v) is 4.65. The Morgan fingerprint density at radius 3 is 3.13 bits per heavy atom. The fraction of sp³-hybridized carbons (Fsp3) is 0.300. The minimum atomic E-state index is 0.688. The van der Waals surface area contributed by atoms with Gasteiger partial charge in [-0.05, 0) is 11.4 Å². The molecular formula is C10H12ClN3S. The van der Waals surface area contributed by atoms with Gasteiger partial charge in [0, 0.05) is 24.2 Å². The van der Waals surface area contributed by atoms with Crippen LogP contribution < -0.4 is 5.32 Å². The van der Waals surface area contributed by atoms with E-state index in [-0.39, 0.29) is 0 Å². The Morgan fingerprint density at radius 2 is 2.47 bits per heavy atom. The third kappa shape index (κ3) is 3.34. The monoisotopic (exact) mass is 241 g/mol. The summed E-state index contributed by atoms with van der Waals surface area (Å²) in [5.41, 5.74) is 0. The molecule has 0 amide bonds. The van der Waals surface area contributed by atoms with Gasteiger partial charge in [0.05, 0.1) is 17.8 Å². The van der Waals surface area contributed by atoms with Gasteiger partial charge in [0.2, 0.25) is 0 Å². The van der Waals surface area contributed by atoms with Crippen molar-refractivity contribution in [2.45, 2.75) is 13.1 Å². The summed E-state index contributed by atoms with van der Waals surface area (Å²) in [6.07, 6.45) is 3.48. The number of thiophene rings is 1. The van der Waals surface area contributed by atoms with Gasteiger partial charge in [-0.25, -0.2) is 0 Å². The molecule has 0 fully saturated rings. The van der Waals surface area contributed by atoms with E-state index in [4.69, 9.17) is 11.6 Å². The summed E-state index contributed by atoms with van der Waals surface area (Å²) in [6, 6.07) is 4.19. The van der Waals surface area contributed by atoms with Gasteiger partial charge >= 0.3 is 0 Å². The summed E-state index contributed by atoms with van der Waals surface area (Å²) in [5.74, 6) is 0. The lowest BCUT2D eigenvalue weighted by molar-refractivity contribution is 0.557. The summed E-state index contributed by atoms with van der Waals surface area (Å²) >= 11 is 7.52. The topological polar surface area (TPSA) is 29.9 Å². The largest absolute Gasteiger partial charge is 0.310 e. The van der Waals surface area contributed by atoms with Crippen molar-refractivity contribution in [1.29, 1.82) is 0 Å². The average molecular weight is 242 g/mol. The fourth-order valence-corrected chi connectivity index (χ4v) is 2.11. The summed E-state index contributed by atoms with van der Waals surface area (Å²) < 4.78 is 1.84. The van der Waals surface area contributed by atoms with Crippen molar-refractivity contribution in [2.75, 3.05) is 6.54 Å². The smallest absolute Gasteiger partial charge is 0.0785 e. The maximum atomic E-state index is 5.75. The number of aromatic nitrogens is 2. The van der Waals surface area contributed by atoms with Gasteiger partial charge in [-0.15, -0.1) is 11.3 Å². The minimum Gasteiger partial charge on any atom is -0.310 e. The van der Waals surface area contributed by atoms with Gasteiger partial charge in [-0.3, -0.25) is 4.68 Å². The van der Waals surface area contributed by atoms with Gasteiger partial charge < -0.3 is 5.32 Å². The third-order valence-corrected chi connectivity index (χ3v) is 3.07. The van der Waals surface area contributed by atoms with Crippen LogP contribution in [-0.4, -0.2) is 16.3 Å². The molecule has 0 aliphatic heterocycles. The standard InChI is InChI=1S/C10H12ClN3S/c11-9-6-13-14(8-9)4-3-12-7-10-2-1-5-15-10/h1-2,5-6,8,12H,3-4,7H2. The lowest BCUT2D eigenvalue weighted by Gasteiger charge is -2.02. The van der Waals surface area contributed by atoms with Crippen LogP contribution in [0.3, 0.4) is 0 Å². The summed E-state index contributed by atoms with van der Waals surface area (Å²) in [7, 11) is 0. The first kappa shape index (κ1) is 10.7. The minimum absolute atomic E-state index is 0.688. The molecule has 0 unspecified atom stereocenters. The predicted octanol–water partition coefficient (Wildman–Crippen LogP) is 2.39. The SMILES string of the molecule is Clc1cnn(CCNCc2cccs2)c1. The van der Waals surface area contributed by atoms with E-state index >= 15 is 0 Å². The molecule has 5 heteroatoms. The van der Waals surface area contributed by atoms with Crippen molar-refractivity contribution in [3.63, 3.8) is 0 Å². The van der Waals surface area contributed by atoms with Crippen LogP contribution in [-0.2, 0) is 13.1 Å². The van der Waals surface area contributed by atoms with E-state index in [1.165, 1.54) is 4.88 Å². The molecule has 1 N–H and O–H groups in total. The predicted molar refractivity (Wildman–Crippen MR) is 63.3 cm³/mol. The third-order valence-electron chi connectivity index (χ3n) is 2.00. The number of hydrogen-bond acceptors (Lipinski definition) is 3. The van der Waals surface area contributed by atoms with E-state index in [1.54, 1.807) is 17.5 Å². The first-order valence-corrected chi connectivity index (χ1v) is 6.01. The number of rotatable bonds is 5. The molecule has 2 aromatic rings. The van der Waals surface area contributed by atoms with Gasteiger partial charge in [0.15, 0.2) is 0 Å². The molecule has 2 heterocycles. The van der Waals surface area contributed by atoms with Crippen molar-refractivity contribution in [1.82, 2.24) is 15.1 Å². The van der Waals surface area contributed by atoms with E-state index in [2.05, 4.69) is 27.9 Å². The second kappa shape index (κ2) is 5.30. The lowest BCUT2D eigenvalue weighted by atomic mass is 10.4. The van der Waals surface area contributed by atoms with Crippen LogP contribution in [0.2, 0.25) is 5.02 Å². The molecule has 0 aromatic carbocycles. The summed E-state index contributed by atoms with van der Waals surface area (Å²) in [5, 5.41) is 10.2. The number of hydrogen-bond donors (Lipinski definition) is 1. The molecule has 80 valence electrons. The highest BCUT2D eigenvalue weighted by Crippen LogP contribution is 2.07. The molecular weight excluding hydrogens is 230 g/mol. The van der Waals surface area contributed by atoms with Crippen LogP contribution in [0.5, 0.6) is 0 Å². The van der Waals surface area contributed by atoms with Crippen LogP contribution in [0.15, 0.2) is 29.9 Å². The molecule has 0 atom stereocenters. The Kier molecular flexibility index (Phi) is 3.77. The maximum absolute atomic E-state index is 5.75. The van der Waals surface area contributed by atoms with Crippen molar-refractivity contribution >= 4 is 22.9 Å². The molecule has 15 heavy (non-hydrogen) atoms. The molecule has 0 saturated carbocycles. The van der Waals surface area contributed by atoms with E-state index < -0.39 is 0 Å². The lowest BCUT2D eigenvalue weighted by Crippen LogP contribution is -2.19. The second-order valence-electron chi connectivity index (χ2n) is 3.18. The normalized spacial score (nSPS) is 10.7. The zero-order valence-corrected chi connectivity index (χ0v) is 9.76. The Hall–Kier alpha value is -0.840. The van der Waals surface area contributed by atoms with Crippen molar-refractivity contribution in [3.05, 3.63) is 39.8 Å². The highest BCUT2D eigenvalue weighted by molar-refractivity contribution is 7.09. The molecule has 2 aromatic heterocycles. The molecule has 0 bridgehead atoms. The first-order chi connectivity index (χ1) is 7.34. The quantitative estimate of drug-likeness (QED) is 0.815. The van der Waals surface area contributed by atoms with Gasteiger partial charge in [-0.1, -0.05) is 17.7 Å². The van der Waals surface area contributed by atoms with Gasteiger partial charge in [-0.2, -0.15) is 5.10 Å². The van der Waals surface area contributed by atoms with Gasteiger partial charge in [0.1, 0.15) is 0 Å². The number of nitrogens with zero attached hydrogens (tertiary/aromatic N) is 2. The van der Waals surface area contributed by atoms with E-state index in [0.29, 0.717) is 5.02 Å². The average Bonchev–Trinajstić information content (AvgIpc) is 2.84. The van der Waals surface area contributed by atoms with Crippen molar-refractivity contribution < 1.29 is 0 Å². The molecule has 0 spiro atoms. The van der Waals surface area contributed by atoms with E-state index in [0.717, 1.165) is 19.6 Å². The Morgan fingerprint density at radius 1 is 1.53 bits per heavy atom. The maximum Gasteiger partial charge on any atom is 0.0785 e. The van der Waals surface area contributed by atoms with Crippen LogP contribution in [0.1, 0.15) is 4.88 Å². The van der Waals surface area contributed by atoms with Crippen molar-refractivity contribution in [3.8, 4) is 0 Å². The molecule has 3 nitrogen and oxygen atoms in total. The highest BCUT2D eigenvalue weighted by atomic mass is 35.5. The van der Waals surface area contributed by atoms with Crippen LogP contribution >= 0.6 is 22.9 Å². The molecule has 0 aliphatic carbocycles. The Labute approximate surface area is 97.7 Å². The zero-order valence-electron chi connectivity index (χ0n) is 8.19. The molecule has 0 aliphatic rings. The summed E-state index contributed by atoms with van der Waals surface area (Å²) in [6.45, 7) is 2.67. The summed E-state index contributed by atoms with van der Waals surface area (Å²) in [4.78, 5) is 1.36. The van der Waals surface area contributed by atoms with E-state index in [1.807, 2.05) is 10.9 Å². The Balaban J connectivity index is 1.67. The number of nitrogens with one attached hydrogen (secondary N) is 1. The van der Waals surface area contributed by atoms with Crippen LogP contribution in [0, 0.1) is 0 Å². The molecule has 0 radical (unpaired) electrons. The van der Waals surface area contributed by atoms with E-state index in [9.17, 15) is 0 Å². The van der Waals surface area contributed by atoms with Crippen LogP contribution in [0.4, 0.5) is 0 Å². The van der Waals surface area contributed by atoms with Gasteiger partial charge in [0.25, 0.3) is 0 Å². The zero-order chi connectivity index (χ0) is 10.5. The Bertz CT molecular complexity index is 396. The molecule has 2 rings (SSSR count). The number of halogens is 1. The molecule has 0 saturated heterocycles. The first-order valence-electron chi connectivity index (χ1n) is 4.75.